The van der Waals surface area contributed by atoms with E-state index < -0.39 is 12.3 Å². The van der Waals surface area contributed by atoms with Gasteiger partial charge in [0.2, 0.25) is 0 Å². The fourth-order valence-corrected chi connectivity index (χ4v) is 3.09. The third-order valence-corrected chi connectivity index (χ3v) is 4.57. The van der Waals surface area contributed by atoms with Crippen LogP contribution < -0.4 is 0 Å². The third kappa shape index (κ3) is 4.32. The minimum atomic E-state index is -0.664. The molecular weight excluding hydrogens is 316 g/mol. The number of carbonyl (C=O) groups is 1. The minimum absolute atomic E-state index is 0.177. The Labute approximate surface area is 148 Å². The lowest BCUT2D eigenvalue weighted by molar-refractivity contribution is 0.118. The lowest BCUT2D eigenvalue weighted by atomic mass is 9.98. The zero-order valence-corrected chi connectivity index (χ0v) is 14.5. The van der Waals surface area contributed by atoms with Crippen LogP contribution in [0.15, 0.2) is 42.5 Å². The van der Waals surface area contributed by atoms with Crippen molar-refractivity contribution in [3.05, 3.63) is 53.6 Å². The van der Waals surface area contributed by atoms with Crippen LogP contribution in [-0.4, -0.2) is 17.9 Å². The van der Waals surface area contributed by atoms with Crippen LogP contribution in [0.5, 0.6) is 5.75 Å². The summed E-state index contributed by atoms with van der Waals surface area (Å²) in [5.41, 5.74) is 3.80. The first kappa shape index (κ1) is 17.3. The van der Waals surface area contributed by atoms with Gasteiger partial charge >= 0.3 is 6.16 Å². The van der Waals surface area contributed by atoms with Crippen LogP contribution in [0.25, 0.3) is 11.1 Å². The van der Waals surface area contributed by atoms with E-state index in [0.29, 0.717) is 0 Å². The van der Waals surface area contributed by atoms with Crippen LogP contribution >= 0.6 is 0 Å². The van der Waals surface area contributed by atoms with E-state index in [9.17, 15) is 9.90 Å². The van der Waals surface area contributed by atoms with Crippen LogP contribution in [0.3, 0.4) is 0 Å². The van der Waals surface area contributed by atoms with E-state index >= 15 is 0 Å². The molecule has 25 heavy (non-hydrogen) atoms. The average Bonchev–Trinajstić information content (AvgIpc) is 3.06. The first-order chi connectivity index (χ1) is 12.2. The number of ether oxygens (including phenoxy) is 2. The number of benzene rings is 2. The van der Waals surface area contributed by atoms with Crippen molar-refractivity contribution in [2.24, 2.45) is 0 Å². The smallest absolute Gasteiger partial charge is 0.507 e. The van der Waals surface area contributed by atoms with Gasteiger partial charge in [0.1, 0.15) is 12.4 Å². The van der Waals surface area contributed by atoms with Gasteiger partial charge < -0.3 is 14.6 Å². The number of cyclic esters (lactones) is 2. The molecule has 1 unspecified atom stereocenters. The van der Waals surface area contributed by atoms with Gasteiger partial charge in [-0.1, -0.05) is 62.6 Å². The maximum Gasteiger partial charge on any atom is 0.509 e. The van der Waals surface area contributed by atoms with Crippen molar-refractivity contribution < 1.29 is 19.4 Å². The van der Waals surface area contributed by atoms with Gasteiger partial charge in [-0.3, -0.25) is 0 Å². The van der Waals surface area contributed by atoms with Gasteiger partial charge in [0, 0.05) is 5.56 Å². The quantitative estimate of drug-likeness (QED) is 0.542. The molecule has 3 rings (SSSR count). The first-order valence-corrected chi connectivity index (χ1v) is 8.93. The van der Waals surface area contributed by atoms with Crippen molar-refractivity contribution in [2.45, 2.75) is 45.1 Å². The van der Waals surface area contributed by atoms with Crippen LogP contribution in [0.2, 0.25) is 0 Å². The SMILES string of the molecule is CCCCCCc1ccc(-c2ccc(C3COC(=O)O3)cc2O)cc1. The van der Waals surface area contributed by atoms with E-state index in [1.807, 2.05) is 24.3 Å². The molecule has 4 nitrogen and oxygen atoms in total. The highest BCUT2D eigenvalue weighted by atomic mass is 16.8. The summed E-state index contributed by atoms with van der Waals surface area (Å²) in [7, 11) is 0. The number of aromatic hydroxyl groups is 1. The van der Waals surface area contributed by atoms with Crippen molar-refractivity contribution in [3.63, 3.8) is 0 Å². The maximum absolute atomic E-state index is 11.0. The fraction of sp³-hybridized carbons (Fsp3) is 0.381. The summed E-state index contributed by atoms with van der Waals surface area (Å²) in [6, 6.07) is 13.7. The topological polar surface area (TPSA) is 55.8 Å². The van der Waals surface area contributed by atoms with Gasteiger partial charge in [0.15, 0.2) is 6.10 Å². The largest absolute Gasteiger partial charge is 0.509 e. The van der Waals surface area contributed by atoms with E-state index in [0.717, 1.165) is 23.1 Å². The number of carbonyl (C=O) groups excluding carboxylic acids is 1. The van der Waals surface area contributed by atoms with Crippen molar-refractivity contribution in [1.29, 1.82) is 0 Å². The van der Waals surface area contributed by atoms with E-state index in [-0.39, 0.29) is 12.4 Å². The highest BCUT2D eigenvalue weighted by Crippen LogP contribution is 2.34. The molecule has 4 heteroatoms. The van der Waals surface area contributed by atoms with Gasteiger partial charge in [-0.2, -0.15) is 0 Å². The van der Waals surface area contributed by atoms with E-state index in [2.05, 4.69) is 19.1 Å². The molecule has 0 saturated carbocycles. The monoisotopic (exact) mass is 340 g/mol. The highest BCUT2D eigenvalue weighted by molar-refractivity contribution is 5.71. The molecule has 0 aromatic heterocycles. The van der Waals surface area contributed by atoms with Crippen molar-refractivity contribution in [2.75, 3.05) is 6.61 Å². The predicted molar refractivity (Wildman–Crippen MR) is 96.6 cm³/mol. The Hall–Kier alpha value is -2.49. The molecule has 0 spiro atoms. The predicted octanol–water partition coefficient (Wildman–Crippen LogP) is 5.39. The number of hydrogen-bond donors (Lipinski definition) is 1. The second-order valence-corrected chi connectivity index (χ2v) is 6.45. The van der Waals surface area contributed by atoms with Gasteiger partial charge in [0.05, 0.1) is 0 Å². The maximum atomic E-state index is 11.0. The molecule has 0 amide bonds. The fourth-order valence-electron chi connectivity index (χ4n) is 3.09. The Bertz CT molecular complexity index is 721. The summed E-state index contributed by atoms with van der Waals surface area (Å²) < 4.78 is 9.84. The van der Waals surface area contributed by atoms with Gasteiger partial charge in [0.25, 0.3) is 0 Å². The van der Waals surface area contributed by atoms with E-state index in [1.165, 1.54) is 31.2 Å². The number of hydrogen-bond acceptors (Lipinski definition) is 4. The third-order valence-electron chi connectivity index (χ3n) is 4.57. The number of unbranched alkanes of at least 4 members (excludes halogenated alkanes) is 3. The lowest BCUT2D eigenvalue weighted by Crippen LogP contribution is -2.00. The van der Waals surface area contributed by atoms with Gasteiger partial charge in [-0.05, 0) is 35.6 Å². The zero-order chi connectivity index (χ0) is 17.6. The molecule has 1 N–H and O–H groups in total. The molecule has 1 fully saturated rings. The summed E-state index contributed by atoms with van der Waals surface area (Å²) in [5.74, 6) is 0.177. The molecule has 1 heterocycles. The molecule has 0 bridgehead atoms. The molecule has 2 aromatic rings. The number of aryl methyl sites for hydroxylation is 1. The summed E-state index contributed by atoms with van der Waals surface area (Å²) in [5, 5.41) is 10.4. The minimum Gasteiger partial charge on any atom is -0.507 e. The molecular formula is C21H24O4. The highest BCUT2D eigenvalue weighted by Gasteiger charge is 2.27. The number of rotatable bonds is 7. The Kier molecular flexibility index (Phi) is 5.59. The molecule has 132 valence electrons. The normalized spacial score (nSPS) is 16.5. The Balaban J connectivity index is 1.68. The Morgan fingerprint density at radius 3 is 2.52 bits per heavy atom. The van der Waals surface area contributed by atoms with Crippen LogP contribution in [-0.2, 0) is 15.9 Å². The number of phenols is 1. The van der Waals surface area contributed by atoms with Gasteiger partial charge in [-0.25, -0.2) is 4.79 Å². The molecule has 0 aliphatic carbocycles. The second-order valence-electron chi connectivity index (χ2n) is 6.45. The van der Waals surface area contributed by atoms with E-state index in [1.54, 1.807) is 6.07 Å². The van der Waals surface area contributed by atoms with Crippen molar-refractivity contribution >= 4 is 6.16 Å². The summed E-state index contributed by atoms with van der Waals surface area (Å²) in [4.78, 5) is 11.0. The average molecular weight is 340 g/mol. The van der Waals surface area contributed by atoms with Gasteiger partial charge in [-0.15, -0.1) is 0 Å². The number of phenolic OH excluding ortho intramolecular Hbond substituents is 1. The second kappa shape index (κ2) is 8.06. The molecule has 1 aliphatic rings. The Morgan fingerprint density at radius 1 is 1.08 bits per heavy atom. The van der Waals surface area contributed by atoms with Crippen molar-refractivity contribution in [3.8, 4) is 16.9 Å². The lowest BCUT2D eigenvalue weighted by Gasteiger charge is -2.11. The van der Waals surface area contributed by atoms with E-state index in [4.69, 9.17) is 9.47 Å². The summed E-state index contributed by atoms with van der Waals surface area (Å²) in [6.07, 6.45) is 5.02. The van der Waals surface area contributed by atoms with Crippen LogP contribution in [0, 0.1) is 0 Å². The summed E-state index contributed by atoms with van der Waals surface area (Å²) in [6.45, 7) is 2.40. The molecule has 1 saturated heterocycles. The Morgan fingerprint density at radius 2 is 1.88 bits per heavy atom. The standard InChI is InChI=1S/C21H24O4/c1-2-3-4-5-6-15-7-9-16(10-8-15)18-12-11-17(13-19(18)22)20-14-24-21(23)25-20/h7-13,20,22H,2-6,14H2,1H3. The first-order valence-electron chi connectivity index (χ1n) is 8.93. The van der Waals surface area contributed by atoms with Crippen LogP contribution in [0.4, 0.5) is 4.79 Å². The van der Waals surface area contributed by atoms with Crippen LogP contribution in [0.1, 0.15) is 49.8 Å². The molecule has 1 atom stereocenters. The molecule has 2 aromatic carbocycles. The van der Waals surface area contributed by atoms with Crippen molar-refractivity contribution in [1.82, 2.24) is 0 Å². The molecule has 0 radical (unpaired) electrons. The zero-order valence-electron chi connectivity index (χ0n) is 14.5. The summed E-state index contributed by atoms with van der Waals surface area (Å²) >= 11 is 0. The molecule has 1 aliphatic heterocycles.